The van der Waals surface area contributed by atoms with Crippen molar-refractivity contribution < 1.29 is 4.79 Å². The first kappa shape index (κ1) is 24.7. The van der Waals surface area contributed by atoms with Crippen LogP contribution in [0.15, 0.2) is 48.7 Å². The van der Waals surface area contributed by atoms with E-state index in [0.29, 0.717) is 6.54 Å². The third kappa shape index (κ3) is 5.58. The monoisotopic (exact) mass is 461 g/mol. The number of rotatable bonds is 4. The summed E-state index contributed by atoms with van der Waals surface area (Å²) in [6.07, 6.45) is 5.28. The Balaban J connectivity index is 0.00000171. The second-order valence-corrected chi connectivity index (χ2v) is 7.72. The van der Waals surface area contributed by atoms with Crippen LogP contribution in [0.4, 0.5) is 5.82 Å². The van der Waals surface area contributed by atoms with Gasteiger partial charge in [0.15, 0.2) is 0 Å². The highest BCUT2D eigenvalue weighted by atomic mass is 35.5. The van der Waals surface area contributed by atoms with Crippen LogP contribution < -0.4 is 5.32 Å². The summed E-state index contributed by atoms with van der Waals surface area (Å²) in [4.78, 5) is 21.1. The van der Waals surface area contributed by atoms with Crippen molar-refractivity contribution in [3.05, 3.63) is 65.5 Å². The molecule has 1 N–H and O–H groups in total. The van der Waals surface area contributed by atoms with E-state index in [4.69, 9.17) is 0 Å². The van der Waals surface area contributed by atoms with Gasteiger partial charge in [-0.1, -0.05) is 18.2 Å². The first-order chi connectivity index (χ1) is 14.0. The fourth-order valence-corrected chi connectivity index (χ4v) is 3.75. The molecule has 4 rings (SSSR count). The molecular weight excluding hydrogens is 433 g/mol. The van der Waals surface area contributed by atoms with Gasteiger partial charge in [0.25, 0.3) is 0 Å². The number of hydrogen-bond acceptors (Lipinski definition) is 4. The third-order valence-electron chi connectivity index (χ3n) is 5.46. The number of hydrogen-bond donors (Lipinski definition) is 1. The van der Waals surface area contributed by atoms with Crippen molar-refractivity contribution in [2.45, 2.75) is 13.1 Å². The highest BCUT2D eigenvalue weighted by molar-refractivity contribution is 5.91. The minimum atomic E-state index is -0.0274. The molecule has 0 radical (unpaired) electrons. The van der Waals surface area contributed by atoms with Crippen LogP contribution in [0.1, 0.15) is 16.8 Å². The predicted octanol–water partition coefficient (Wildman–Crippen LogP) is 3.95. The number of aryl methyl sites for hydroxylation is 1. The molecule has 0 atom stereocenters. The van der Waals surface area contributed by atoms with Gasteiger partial charge in [-0.05, 0) is 42.3 Å². The molecule has 1 aliphatic rings. The Labute approximate surface area is 195 Å². The minimum absolute atomic E-state index is 0. The van der Waals surface area contributed by atoms with Gasteiger partial charge in [0.1, 0.15) is 5.82 Å². The topological polar surface area (TPSA) is 53.4 Å². The van der Waals surface area contributed by atoms with Crippen LogP contribution >= 0.6 is 24.8 Å². The normalized spacial score (nSPS) is 13.6. The second kappa shape index (κ2) is 10.7. The van der Waals surface area contributed by atoms with Crippen molar-refractivity contribution in [3.8, 4) is 0 Å². The largest absolute Gasteiger partial charge is 0.369 e. The maximum absolute atomic E-state index is 12.6. The highest BCUT2D eigenvalue weighted by Gasteiger charge is 2.13. The summed E-state index contributed by atoms with van der Waals surface area (Å²) in [5.41, 5.74) is 4.38. The Morgan fingerprint density at radius 3 is 2.77 bits per heavy atom. The van der Waals surface area contributed by atoms with Gasteiger partial charge in [-0.15, -0.1) is 24.8 Å². The summed E-state index contributed by atoms with van der Waals surface area (Å²) in [5.74, 6) is 0.908. The molecule has 0 fully saturated rings. The summed E-state index contributed by atoms with van der Waals surface area (Å²) < 4.78 is 2.14. The van der Waals surface area contributed by atoms with Crippen LogP contribution in [0.3, 0.4) is 0 Å². The van der Waals surface area contributed by atoms with Crippen LogP contribution in [0.2, 0.25) is 0 Å². The number of nitrogens with one attached hydrogen (secondary N) is 1. The summed E-state index contributed by atoms with van der Waals surface area (Å²) in [6.45, 7) is 3.29. The van der Waals surface area contributed by atoms with Crippen molar-refractivity contribution in [1.29, 1.82) is 0 Å². The lowest BCUT2D eigenvalue weighted by atomic mass is 10.1. The lowest BCUT2D eigenvalue weighted by Crippen LogP contribution is -2.25. The van der Waals surface area contributed by atoms with E-state index in [0.717, 1.165) is 42.3 Å². The molecule has 0 bridgehead atoms. The standard InChI is InChI=1S/C23H27N5O.2ClH/c1-26-11-10-24-23-19(15-26)12-17(14-25-23)8-9-22(29)27(2)16-20-13-18-6-4-5-7-21(18)28(20)3;;/h4-9,12-14H,10-11,15-16H2,1-3H3,(H,24,25);2*1H. The van der Waals surface area contributed by atoms with Gasteiger partial charge >= 0.3 is 0 Å². The predicted molar refractivity (Wildman–Crippen MR) is 132 cm³/mol. The Kier molecular flexibility index (Phi) is 8.51. The Morgan fingerprint density at radius 2 is 2.00 bits per heavy atom. The van der Waals surface area contributed by atoms with E-state index in [2.05, 4.69) is 51.1 Å². The number of carbonyl (C=O) groups excluding carboxylic acids is 1. The number of carbonyl (C=O) groups is 1. The van der Waals surface area contributed by atoms with Gasteiger partial charge in [-0.3, -0.25) is 4.79 Å². The van der Waals surface area contributed by atoms with Crippen molar-refractivity contribution in [2.24, 2.45) is 7.05 Å². The molecule has 3 heterocycles. The fourth-order valence-electron chi connectivity index (χ4n) is 3.75. The van der Waals surface area contributed by atoms with Crippen LogP contribution in [0.5, 0.6) is 0 Å². The van der Waals surface area contributed by atoms with E-state index in [1.165, 1.54) is 10.9 Å². The van der Waals surface area contributed by atoms with Crippen molar-refractivity contribution in [2.75, 3.05) is 32.5 Å². The Hall–Kier alpha value is -2.54. The summed E-state index contributed by atoms with van der Waals surface area (Å²) in [5, 5.41) is 4.55. The summed E-state index contributed by atoms with van der Waals surface area (Å²) >= 11 is 0. The number of anilines is 1. The van der Waals surface area contributed by atoms with Gasteiger partial charge in [-0.2, -0.15) is 0 Å². The molecule has 6 nitrogen and oxygen atoms in total. The maximum atomic E-state index is 12.6. The molecule has 1 aliphatic heterocycles. The van der Waals surface area contributed by atoms with Crippen LogP contribution in [-0.2, 0) is 24.9 Å². The molecule has 0 aliphatic carbocycles. The summed E-state index contributed by atoms with van der Waals surface area (Å²) in [7, 11) is 5.97. The molecular formula is C23H29Cl2N5O. The van der Waals surface area contributed by atoms with E-state index >= 15 is 0 Å². The first-order valence-electron chi connectivity index (χ1n) is 9.89. The van der Waals surface area contributed by atoms with E-state index in [9.17, 15) is 4.79 Å². The SMILES string of the molecule is CN1CCNc2ncc(C=CC(=O)N(C)Cc3cc4ccccc4n3C)cc2C1.Cl.Cl. The number of pyridine rings is 1. The Morgan fingerprint density at radius 1 is 1.23 bits per heavy atom. The number of nitrogens with zero attached hydrogens (tertiary/aromatic N) is 4. The molecule has 0 unspecified atom stereocenters. The molecule has 0 spiro atoms. The van der Waals surface area contributed by atoms with Crippen molar-refractivity contribution >= 4 is 53.5 Å². The fraction of sp³-hybridized carbons (Fsp3) is 0.304. The zero-order valence-corrected chi connectivity index (χ0v) is 19.7. The van der Waals surface area contributed by atoms with Crippen molar-refractivity contribution in [3.63, 3.8) is 0 Å². The quantitative estimate of drug-likeness (QED) is 0.597. The van der Waals surface area contributed by atoms with Crippen molar-refractivity contribution in [1.82, 2.24) is 19.4 Å². The summed E-state index contributed by atoms with van der Waals surface area (Å²) in [6, 6.07) is 12.5. The molecule has 0 saturated heterocycles. The van der Waals surface area contributed by atoms with Gasteiger partial charge in [-0.25, -0.2) is 4.98 Å². The zero-order valence-electron chi connectivity index (χ0n) is 18.0. The van der Waals surface area contributed by atoms with Gasteiger partial charge in [0, 0.05) is 62.8 Å². The number of fused-ring (bicyclic) bond motifs is 2. The highest BCUT2D eigenvalue weighted by Crippen LogP contribution is 2.20. The van der Waals surface area contributed by atoms with Gasteiger partial charge < -0.3 is 19.7 Å². The molecule has 1 aromatic carbocycles. The van der Waals surface area contributed by atoms with Gasteiger partial charge in [0.05, 0.1) is 6.54 Å². The zero-order chi connectivity index (χ0) is 20.4. The number of benzene rings is 1. The Bertz CT molecular complexity index is 1080. The molecule has 3 aromatic rings. The van der Waals surface area contributed by atoms with E-state index in [1.807, 2.05) is 38.5 Å². The maximum Gasteiger partial charge on any atom is 0.246 e. The number of para-hydroxylation sites is 1. The average Bonchev–Trinajstić information content (AvgIpc) is 2.90. The molecule has 0 saturated carbocycles. The molecule has 1 amide bonds. The van der Waals surface area contributed by atoms with Crippen LogP contribution in [0.25, 0.3) is 17.0 Å². The third-order valence-corrected chi connectivity index (χ3v) is 5.46. The molecule has 8 heteroatoms. The minimum Gasteiger partial charge on any atom is -0.369 e. The first-order valence-corrected chi connectivity index (χ1v) is 9.89. The van der Waals surface area contributed by atoms with Crippen LogP contribution in [0, 0.1) is 0 Å². The van der Waals surface area contributed by atoms with Crippen LogP contribution in [-0.4, -0.2) is 52.4 Å². The van der Waals surface area contributed by atoms with E-state index < -0.39 is 0 Å². The van der Waals surface area contributed by atoms with E-state index in [1.54, 1.807) is 11.0 Å². The van der Waals surface area contributed by atoms with Gasteiger partial charge in [0.2, 0.25) is 5.91 Å². The second-order valence-electron chi connectivity index (χ2n) is 7.72. The molecule has 31 heavy (non-hydrogen) atoms. The van der Waals surface area contributed by atoms with E-state index in [-0.39, 0.29) is 30.7 Å². The average molecular weight is 462 g/mol. The molecule has 2 aromatic heterocycles. The number of likely N-dealkylation sites (N-methyl/N-ethyl adjacent to an activating group) is 2. The smallest absolute Gasteiger partial charge is 0.246 e. The number of aromatic nitrogens is 2. The number of halogens is 2. The molecule has 166 valence electrons. The lowest BCUT2D eigenvalue weighted by molar-refractivity contribution is -0.125. The lowest BCUT2D eigenvalue weighted by Gasteiger charge is -2.16. The number of amides is 1.